The van der Waals surface area contributed by atoms with Gasteiger partial charge in [-0.05, 0) is 75.8 Å². The van der Waals surface area contributed by atoms with Gasteiger partial charge in [0.25, 0.3) is 0 Å². The van der Waals surface area contributed by atoms with Gasteiger partial charge in [-0.3, -0.25) is 0 Å². The number of isocyanates is 1. The maximum absolute atomic E-state index is 10.9. The molecule has 0 N–H and O–H groups in total. The summed E-state index contributed by atoms with van der Waals surface area (Å²) in [6, 6.07) is 22.5. The number of nitrogens with zero attached hydrogens (tertiary/aromatic N) is 3. The molecule has 1 fully saturated rings. The molecule has 1 aliphatic rings. The fourth-order valence-corrected chi connectivity index (χ4v) is 5.32. The summed E-state index contributed by atoms with van der Waals surface area (Å²) in [6.45, 7) is 9.32. The van der Waals surface area contributed by atoms with Crippen molar-refractivity contribution in [2.45, 2.75) is 71.0 Å². The number of benzene rings is 3. The van der Waals surface area contributed by atoms with E-state index in [0.717, 1.165) is 64.8 Å². The third-order valence-electron chi connectivity index (χ3n) is 7.12. The van der Waals surface area contributed by atoms with Gasteiger partial charge in [-0.25, -0.2) is 14.5 Å². The average Bonchev–Trinajstić information content (AvgIpc) is 3.40. The van der Waals surface area contributed by atoms with Crippen LogP contribution in [0, 0.1) is 0 Å². The summed E-state index contributed by atoms with van der Waals surface area (Å²) >= 11 is 0. The van der Waals surface area contributed by atoms with Crippen LogP contribution in [-0.2, 0) is 26.5 Å². The van der Waals surface area contributed by atoms with Crippen LogP contribution in [0.1, 0.15) is 64.3 Å². The molecule has 1 aromatic heterocycles. The molecular weight excluding hydrogens is 502 g/mol. The third kappa shape index (κ3) is 6.34. The summed E-state index contributed by atoms with van der Waals surface area (Å²) in [5, 5.41) is 5.80. The van der Waals surface area contributed by atoms with Crippen LogP contribution in [0.5, 0.6) is 5.75 Å². The van der Waals surface area contributed by atoms with Gasteiger partial charge in [0.05, 0.1) is 23.0 Å². The molecule has 1 saturated heterocycles. The van der Waals surface area contributed by atoms with E-state index in [4.69, 9.17) is 19.3 Å². The van der Waals surface area contributed by atoms with E-state index < -0.39 is 11.2 Å². The van der Waals surface area contributed by atoms with Gasteiger partial charge in [-0.2, -0.15) is 5.10 Å². The van der Waals surface area contributed by atoms with Crippen LogP contribution in [0.25, 0.3) is 22.0 Å². The van der Waals surface area contributed by atoms with Crippen LogP contribution < -0.4 is 4.74 Å². The molecule has 0 amide bonds. The summed E-state index contributed by atoms with van der Waals surface area (Å²) in [5.41, 5.74) is 3.69. The maximum atomic E-state index is 10.9. The molecule has 7 nitrogen and oxygen atoms in total. The summed E-state index contributed by atoms with van der Waals surface area (Å²) in [7, 11) is 0. The minimum absolute atomic E-state index is 0.0552. The van der Waals surface area contributed by atoms with Crippen LogP contribution in [0.15, 0.2) is 77.9 Å². The molecule has 0 radical (unpaired) electrons. The van der Waals surface area contributed by atoms with E-state index in [0.29, 0.717) is 6.61 Å². The highest BCUT2D eigenvalue weighted by Gasteiger charge is 2.33. The lowest BCUT2D eigenvalue weighted by Gasteiger charge is -2.36. The van der Waals surface area contributed by atoms with Crippen molar-refractivity contribution in [1.82, 2.24) is 9.78 Å². The summed E-state index contributed by atoms with van der Waals surface area (Å²) < 4.78 is 20.8. The molecule has 5 rings (SSSR count). The highest BCUT2D eigenvalue weighted by Crippen LogP contribution is 2.39. The Kier molecular flexibility index (Phi) is 8.17. The summed E-state index contributed by atoms with van der Waals surface area (Å²) in [4.78, 5) is 14.8. The second kappa shape index (κ2) is 11.8. The van der Waals surface area contributed by atoms with Crippen LogP contribution >= 0.6 is 0 Å². The first-order chi connectivity index (χ1) is 19.3. The number of aliphatic imine (C=N–C) groups is 1. The molecular formula is C33H37N3O4. The third-order valence-corrected chi connectivity index (χ3v) is 7.12. The molecule has 7 heteroatoms. The van der Waals surface area contributed by atoms with Crippen LogP contribution in [0.2, 0.25) is 0 Å². The quantitative estimate of drug-likeness (QED) is 0.164. The Morgan fingerprint density at radius 2 is 1.80 bits per heavy atom. The number of hydrogen-bond acceptors (Lipinski definition) is 6. The maximum Gasteiger partial charge on any atom is 0.235 e. The second-order valence-corrected chi connectivity index (χ2v) is 11.5. The molecule has 40 heavy (non-hydrogen) atoms. The number of carbonyl (C=O) groups excluding carboxylic acids is 1. The first kappa shape index (κ1) is 27.8. The van der Waals surface area contributed by atoms with Gasteiger partial charge in [-0.1, -0.05) is 54.6 Å². The van der Waals surface area contributed by atoms with Gasteiger partial charge >= 0.3 is 0 Å². The number of rotatable bonds is 9. The Balaban J connectivity index is 1.53. The highest BCUT2D eigenvalue weighted by atomic mass is 16.5. The standard InChI is InChI=1S/C33H37N3O4/c1-32(2,3)40-33(4,22-34-23-37)26-15-13-25(14-16-26)27-17-18-29-28(20-36(35-29)30-12-8-9-19-38-30)31(27)39-21-24-10-6-5-7-11-24/h5-7,10-11,13-18,20,30H,8-9,12,19,21-22H2,1-4H3. The van der Waals surface area contributed by atoms with Gasteiger partial charge in [0.2, 0.25) is 6.08 Å². The molecule has 0 aliphatic carbocycles. The normalized spacial score (nSPS) is 17.2. The first-order valence-corrected chi connectivity index (χ1v) is 13.9. The smallest absolute Gasteiger partial charge is 0.235 e. The molecule has 2 unspecified atom stereocenters. The zero-order valence-electron chi connectivity index (χ0n) is 23.7. The van der Waals surface area contributed by atoms with Crippen molar-refractivity contribution in [3.05, 3.63) is 84.1 Å². The Morgan fingerprint density at radius 3 is 2.48 bits per heavy atom. The van der Waals surface area contributed by atoms with E-state index in [9.17, 15) is 4.79 Å². The van der Waals surface area contributed by atoms with Crippen molar-refractivity contribution in [2.75, 3.05) is 13.2 Å². The minimum Gasteiger partial charge on any atom is -0.487 e. The van der Waals surface area contributed by atoms with Gasteiger partial charge in [-0.15, -0.1) is 0 Å². The van der Waals surface area contributed by atoms with Gasteiger partial charge in [0, 0.05) is 18.4 Å². The Bertz CT molecular complexity index is 1480. The van der Waals surface area contributed by atoms with Crippen molar-refractivity contribution in [2.24, 2.45) is 4.99 Å². The molecule has 0 saturated carbocycles. The van der Waals surface area contributed by atoms with Crippen molar-refractivity contribution in [3.8, 4) is 16.9 Å². The number of ether oxygens (including phenoxy) is 3. The number of aromatic nitrogens is 2. The molecule has 0 bridgehead atoms. The van der Waals surface area contributed by atoms with E-state index in [-0.39, 0.29) is 12.8 Å². The molecule has 4 aromatic rings. The highest BCUT2D eigenvalue weighted by molar-refractivity contribution is 5.93. The molecule has 2 heterocycles. The summed E-state index contributed by atoms with van der Waals surface area (Å²) in [6.07, 6.45) is 6.82. The minimum atomic E-state index is -0.772. The molecule has 1 aliphatic heterocycles. The van der Waals surface area contributed by atoms with Crippen molar-refractivity contribution < 1.29 is 19.0 Å². The van der Waals surface area contributed by atoms with Gasteiger partial charge in [0.1, 0.15) is 24.2 Å². The zero-order chi connectivity index (χ0) is 28.2. The lowest BCUT2D eigenvalue weighted by molar-refractivity contribution is -0.122. The Morgan fingerprint density at radius 1 is 1.02 bits per heavy atom. The predicted molar refractivity (Wildman–Crippen MR) is 156 cm³/mol. The predicted octanol–water partition coefficient (Wildman–Crippen LogP) is 7.35. The largest absolute Gasteiger partial charge is 0.487 e. The number of hydrogen-bond donors (Lipinski definition) is 0. The van der Waals surface area contributed by atoms with E-state index in [1.54, 1.807) is 6.08 Å². The van der Waals surface area contributed by atoms with E-state index in [1.165, 1.54) is 0 Å². The van der Waals surface area contributed by atoms with Crippen molar-refractivity contribution in [3.63, 3.8) is 0 Å². The molecule has 2 atom stereocenters. The van der Waals surface area contributed by atoms with Gasteiger partial charge in [0.15, 0.2) is 0 Å². The fraction of sp³-hybridized carbons (Fsp3) is 0.394. The fourth-order valence-electron chi connectivity index (χ4n) is 5.32. The topological polar surface area (TPSA) is 74.9 Å². The summed E-state index contributed by atoms with van der Waals surface area (Å²) in [5.74, 6) is 0.787. The van der Waals surface area contributed by atoms with E-state index >= 15 is 0 Å². The first-order valence-electron chi connectivity index (χ1n) is 13.9. The van der Waals surface area contributed by atoms with E-state index in [2.05, 4.69) is 41.5 Å². The Labute approximate surface area is 235 Å². The SMILES string of the molecule is CC(C)(C)OC(C)(CN=C=O)c1ccc(-c2ccc3nn(C4CCCCO4)cc3c2OCc2ccccc2)cc1. The van der Waals surface area contributed by atoms with Gasteiger partial charge < -0.3 is 14.2 Å². The molecule has 208 valence electrons. The lowest BCUT2D eigenvalue weighted by atomic mass is 9.92. The van der Waals surface area contributed by atoms with Crippen LogP contribution in [0.3, 0.4) is 0 Å². The molecule has 3 aromatic carbocycles. The van der Waals surface area contributed by atoms with E-state index in [1.807, 2.05) is 68.8 Å². The monoisotopic (exact) mass is 539 g/mol. The molecule has 0 spiro atoms. The van der Waals surface area contributed by atoms with Crippen LogP contribution in [-0.4, -0.2) is 34.6 Å². The van der Waals surface area contributed by atoms with Crippen LogP contribution in [0.4, 0.5) is 0 Å². The van der Waals surface area contributed by atoms with Crippen molar-refractivity contribution in [1.29, 1.82) is 0 Å². The second-order valence-electron chi connectivity index (χ2n) is 11.5. The average molecular weight is 540 g/mol. The zero-order valence-corrected chi connectivity index (χ0v) is 23.7. The Hall–Kier alpha value is -3.77. The lowest BCUT2D eigenvalue weighted by Crippen LogP contribution is -2.37. The van der Waals surface area contributed by atoms with Crippen molar-refractivity contribution >= 4 is 17.0 Å². The number of fused-ring (bicyclic) bond motifs is 1.